The van der Waals surface area contributed by atoms with Gasteiger partial charge in [-0.3, -0.25) is 0 Å². The molecule has 2 nitrogen and oxygen atoms in total. The van der Waals surface area contributed by atoms with Gasteiger partial charge < -0.3 is 9.80 Å². The van der Waals surface area contributed by atoms with Crippen LogP contribution in [0.25, 0.3) is 0 Å². The molecule has 0 bridgehead atoms. The third-order valence-corrected chi connectivity index (χ3v) is 6.41. The number of rotatable bonds is 4. The molecule has 1 heterocycles. The van der Waals surface area contributed by atoms with Crippen LogP contribution in [-0.2, 0) is 0 Å². The van der Waals surface area contributed by atoms with Crippen molar-refractivity contribution in [2.75, 3.05) is 16.5 Å². The van der Waals surface area contributed by atoms with E-state index in [0.29, 0.717) is 0 Å². The number of nitrogens with zero attached hydrogens (tertiary/aromatic N) is 2. The molecule has 2 heteroatoms. The molecule has 0 radical (unpaired) electrons. The summed E-state index contributed by atoms with van der Waals surface area (Å²) in [6.45, 7) is 5.27. The van der Waals surface area contributed by atoms with Gasteiger partial charge >= 0.3 is 0 Å². The Morgan fingerprint density at radius 3 is 1.23 bits per heavy atom. The summed E-state index contributed by atoms with van der Waals surface area (Å²) in [5.74, 6) is 0. The van der Waals surface area contributed by atoms with Crippen molar-refractivity contribution in [3.8, 4) is 0 Å². The second kappa shape index (κ2) is 8.31. The first-order valence-electron chi connectivity index (χ1n) is 11.0. The van der Waals surface area contributed by atoms with Crippen LogP contribution in [0, 0.1) is 13.8 Å². The zero-order valence-corrected chi connectivity index (χ0v) is 18.1. The van der Waals surface area contributed by atoms with Gasteiger partial charge in [-0.2, -0.15) is 0 Å². The molecule has 0 spiro atoms. The second-order valence-electron chi connectivity index (χ2n) is 8.37. The van der Waals surface area contributed by atoms with E-state index in [-0.39, 0.29) is 12.1 Å². The molecular formula is C29H28N2. The summed E-state index contributed by atoms with van der Waals surface area (Å²) in [6, 6.07) is 39.8. The normalized spacial score (nSPS) is 18.4. The van der Waals surface area contributed by atoms with Crippen LogP contribution >= 0.6 is 0 Å². The molecule has 0 aliphatic carbocycles. The number of para-hydroxylation sites is 2. The van der Waals surface area contributed by atoms with E-state index in [1.165, 1.54) is 33.6 Å². The maximum Gasteiger partial charge on any atom is 0.0917 e. The summed E-state index contributed by atoms with van der Waals surface area (Å²) in [5, 5.41) is 0. The van der Waals surface area contributed by atoms with Crippen molar-refractivity contribution >= 4 is 11.4 Å². The number of hydrogen-bond acceptors (Lipinski definition) is 2. The van der Waals surface area contributed by atoms with Crippen molar-refractivity contribution in [3.05, 3.63) is 131 Å². The van der Waals surface area contributed by atoms with Gasteiger partial charge in [0, 0.05) is 11.4 Å². The van der Waals surface area contributed by atoms with E-state index in [1.807, 2.05) is 0 Å². The van der Waals surface area contributed by atoms with Crippen molar-refractivity contribution in [2.45, 2.75) is 25.9 Å². The Morgan fingerprint density at radius 2 is 0.839 bits per heavy atom. The van der Waals surface area contributed by atoms with Gasteiger partial charge in [-0.25, -0.2) is 0 Å². The highest BCUT2D eigenvalue weighted by molar-refractivity contribution is 5.64. The number of benzene rings is 4. The standard InChI is InChI=1S/C29H28N2/c1-22-13-9-11-19-26(22)30-21-31(27-20-12-10-14-23(27)2)29(25-17-7-4-8-18-25)28(30)24-15-5-3-6-16-24/h3-20,28-29H,21H2,1-2H3. The minimum absolute atomic E-state index is 0.212. The quantitative estimate of drug-likeness (QED) is 0.359. The van der Waals surface area contributed by atoms with E-state index in [4.69, 9.17) is 0 Å². The molecule has 1 aliphatic heterocycles. The summed E-state index contributed by atoms with van der Waals surface area (Å²) in [5.41, 5.74) is 7.90. The predicted molar refractivity (Wildman–Crippen MR) is 131 cm³/mol. The summed E-state index contributed by atoms with van der Waals surface area (Å²) in [6.07, 6.45) is 0. The molecule has 4 aromatic rings. The van der Waals surface area contributed by atoms with Crippen LogP contribution in [0.15, 0.2) is 109 Å². The Hall–Kier alpha value is -3.52. The molecule has 0 N–H and O–H groups in total. The maximum absolute atomic E-state index is 2.58. The van der Waals surface area contributed by atoms with Gasteiger partial charge in [0.2, 0.25) is 0 Å². The lowest BCUT2D eigenvalue weighted by Gasteiger charge is -2.31. The van der Waals surface area contributed by atoms with Gasteiger partial charge in [0.05, 0.1) is 18.8 Å². The van der Waals surface area contributed by atoms with Crippen molar-refractivity contribution in [1.82, 2.24) is 0 Å². The van der Waals surface area contributed by atoms with Gasteiger partial charge in [0.1, 0.15) is 0 Å². The van der Waals surface area contributed by atoms with E-state index in [9.17, 15) is 0 Å². The first-order chi connectivity index (χ1) is 15.2. The molecule has 2 atom stereocenters. The van der Waals surface area contributed by atoms with Crippen LogP contribution in [-0.4, -0.2) is 6.67 Å². The summed E-state index contributed by atoms with van der Waals surface area (Å²) >= 11 is 0. The van der Waals surface area contributed by atoms with Crippen molar-refractivity contribution in [1.29, 1.82) is 0 Å². The fourth-order valence-corrected chi connectivity index (χ4v) is 4.93. The molecule has 0 aromatic heterocycles. The van der Waals surface area contributed by atoms with Crippen LogP contribution in [0.4, 0.5) is 11.4 Å². The molecule has 0 saturated carbocycles. The summed E-state index contributed by atoms with van der Waals surface area (Å²) in [7, 11) is 0. The largest absolute Gasteiger partial charge is 0.344 e. The smallest absolute Gasteiger partial charge is 0.0917 e. The van der Waals surface area contributed by atoms with Crippen LogP contribution in [0.3, 0.4) is 0 Å². The Balaban J connectivity index is 1.73. The number of hydrogen-bond donors (Lipinski definition) is 0. The molecule has 0 amide bonds. The monoisotopic (exact) mass is 404 g/mol. The van der Waals surface area contributed by atoms with E-state index in [1.54, 1.807) is 0 Å². The average Bonchev–Trinajstić information content (AvgIpc) is 3.21. The van der Waals surface area contributed by atoms with Gasteiger partial charge in [-0.05, 0) is 48.2 Å². The minimum Gasteiger partial charge on any atom is -0.344 e. The molecule has 154 valence electrons. The lowest BCUT2D eigenvalue weighted by Crippen LogP contribution is -2.27. The first kappa shape index (κ1) is 19.4. The molecule has 1 fully saturated rings. The lowest BCUT2D eigenvalue weighted by atomic mass is 9.92. The Labute approximate surface area is 185 Å². The summed E-state index contributed by atoms with van der Waals surface area (Å²) in [4.78, 5) is 5.16. The highest BCUT2D eigenvalue weighted by Crippen LogP contribution is 2.48. The fourth-order valence-electron chi connectivity index (χ4n) is 4.93. The average molecular weight is 405 g/mol. The minimum atomic E-state index is 0.212. The Kier molecular flexibility index (Phi) is 5.21. The van der Waals surface area contributed by atoms with Crippen molar-refractivity contribution in [3.63, 3.8) is 0 Å². The van der Waals surface area contributed by atoms with Gasteiger partial charge in [0.25, 0.3) is 0 Å². The van der Waals surface area contributed by atoms with E-state index >= 15 is 0 Å². The molecular weight excluding hydrogens is 376 g/mol. The third-order valence-electron chi connectivity index (χ3n) is 6.41. The molecule has 2 unspecified atom stereocenters. The van der Waals surface area contributed by atoms with Gasteiger partial charge in [-0.1, -0.05) is 97.1 Å². The van der Waals surface area contributed by atoms with Crippen LogP contribution < -0.4 is 9.80 Å². The second-order valence-corrected chi connectivity index (χ2v) is 8.37. The topological polar surface area (TPSA) is 6.48 Å². The van der Waals surface area contributed by atoms with Crippen LogP contribution in [0.1, 0.15) is 34.3 Å². The van der Waals surface area contributed by atoms with Crippen molar-refractivity contribution < 1.29 is 0 Å². The zero-order valence-electron chi connectivity index (χ0n) is 18.1. The molecule has 4 aromatic carbocycles. The highest BCUT2D eigenvalue weighted by atomic mass is 15.4. The number of aryl methyl sites for hydroxylation is 2. The predicted octanol–water partition coefficient (Wildman–Crippen LogP) is 7.07. The molecule has 1 saturated heterocycles. The SMILES string of the molecule is Cc1ccccc1N1CN(c2ccccc2C)C(c2ccccc2)C1c1ccccc1. The lowest BCUT2D eigenvalue weighted by molar-refractivity contribution is 0.617. The van der Waals surface area contributed by atoms with E-state index in [2.05, 4.69) is 133 Å². The first-order valence-corrected chi connectivity index (χ1v) is 11.0. The van der Waals surface area contributed by atoms with E-state index < -0.39 is 0 Å². The maximum atomic E-state index is 2.58. The zero-order chi connectivity index (χ0) is 21.2. The highest BCUT2D eigenvalue weighted by Gasteiger charge is 2.42. The fraction of sp³-hybridized carbons (Fsp3) is 0.172. The Bertz CT molecular complexity index is 1060. The number of anilines is 2. The van der Waals surface area contributed by atoms with E-state index in [0.717, 1.165) is 6.67 Å². The molecule has 5 rings (SSSR count). The van der Waals surface area contributed by atoms with Crippen molar-refractivity contribution in [2.24, 2.45) is 0 Å². The van der Waals surface area contributed by atoms with Gasteiger partial charge in [0.15, 0.2) is 0 Å². The third kappa shape index (κ3) is 3.59. The molecule has 1 aliphatic rings. The van der Waals surface area contributed by atoms with Crippen LogP contribution in [0.5, 0.6) is 0 Å². The molecule has 31 heavy (non-hydrogen) atoms. The van der Waals surface area contributed by atoms with Gasteiger partial charge in [-0.15, -0.1) is 0 Å². The Morgan fingerprint density at radius 1 is 0.484 bits per heavy atom. The summed E-state index contributed by atoms with van der Waals surface area (Å²) < 4.78 is 0. The van der Waals surface area contributed by atoms with Crippen LogP contribution in [0.2, 0.25) is 0 Å².